The highest BCUT2D eigenvalue weighted by Crippen LogP contribution is 2.30. The molecule has 2 rings (SSSR count). The Morgan fingerprint density at radius 3 is 2.58 bits per heavy atom. The van der Waals surface area contributed by atoms with E-state index in [1.165, 1.54) is 0 Å². The number of pyridine rings is 1. The second kappa shape index (κ2) is 6.31. The summed E-state index contributed by atoms with van der Waals surface area (Å²) >= 11 is 21.3. The molecule has 0 spiro atoms. The van der Waals surface area contributed by atoms with E-state index < -0.39 is 0 Å². The Labute approximate surface area is 135 Å². The van der Waals surface area contributed by atoms with Gasteiger partial charge in [-0.25, -0.2) is 4.98 Å². The van der Waals surface area contributed by atoms with Gasteiger partial charge in [0.15, 0.2) is 0 Å². The Bertz CT molecular complexity index is 604. The molecular formula is C13H10BrCl3N2. The van der Waals surface area contributed by atoms with E-state index in [4.69, 9.17) is 34.8 Å². The first-order valence-electron chi connectivity index (χ1n) is 5.50. The summed E-state index contributed by atoms with van der Waals surface area (Å²) in [4.78, 5) is 4.06. The highest BCUT2D eigenvalue weighted by atomic mass is 79.9. The van der Waals surface area contributed by atoms with Gasteiger partial charge < -0.3 is 5.32 Å². The fourth-order valence-corrected chi connectivity index (χ4v) is 2.71. The zero-order valence-corrected chi connectivity index (χ0v) is 13.8. The average molecular weight is 381 g/mol. The lowest BCUT2D eigenvalue weighted by Crippen LogP contribution is -2.07. The molecule has 0 radical (unpaired) electrons. The van der Waals surface area contributed by atoms with Crippen LogP contribution in [0.15, 0.2) is 34.9 Å². The van der Waals surface area contributed by atoms with Gasteiger partial charge in [0.1, 0.15) is 5.15 Å². The number of benzene rings is 1. The smallest absolute Gasteiger partial charge is 0.143 e. The van der Waals surface area contributed by atoms with Gasteiger partial charge in [-0.15, -0.1) is 0 Å². The van der Waals surface area contributed by atoms with Crippen molar-refractivity contribution in [2.45, 2.75) is 13.0 Å². The van der Waals surface area contributed by atoms with E-state index >= 15 is 0 Å². The Kier molecular flexibility index (Phi) is 4.96. The number of hydrogen-bond donors (Lipinski definition) is 1. The van der Waals surface area contributed by atoms with Crippen molar-refractivity contribution in [2.75, 3.05) is 5.32 Å². The zero-order valence-electron chi connectivity index (χ0n) is 9.92. The Morgan fingerprint density at radius 1 is 1.21 bits per heavy atom. The molecule has 1 N–H and O–H groups in total. The number of rotatable bonds is 3. The van der Waals surface area contributed by atoms with Crippen LogP contribution in [0.1, 0.15) is 18.5 Å². The van der Waals surface area contributed by atoms with Crippen molar-refractivity contribution in [3.05, 3.63) is 55.7 Å². The molecule has 1 atom stereocenters. The van der Waals surface area contributed by atoms with Crippen LogP contribution in [0.5, 0.6) is 0 Å². The van der Waals surface area contributed by atoms with Crippen LogP contribution in [0.3, 0.4) is 0 Å². The molecule has 0 aliphatic rings. The molecule has 0 saturated carbocycles. The highest BCUT2D eigenvalue weighted by molar-refractivity contribution is 9.10. The van der Waals surface area contributed by atoms with Crippen molar-refractivity contribution in [1.82, 2.24) is 4.98 Å². The summed E-state index contributed by atoms with van der Waals surface area (Å²) in [6, 6.07) is 7.35. The summed E-state index contributed by atoms with van der Waals surface area (Å²) in [5.74, 6) is 0. The van der Waals surface area contributed by atoms with Crippen LogP contribution in [0.2, 0.25) is 15.2 Å². The summed E-state index contributed by atoms with van der Waals surface area (Å²) in [5.41, 5.74) is 1.83. The maximum Gasteiger partial charge on any atom is 0.143 e. The molecule has 0 amide bonds. The molecule has 2 aromatic rings. The summed E-state index contributed by atoms with van der Waals surface area (Å²) < 4.78 is 0.744. The van der Waals surface area contributed by atoms with E-state index in [1.54, 1.807) is 12.3 Å². The number of nitrogens with zero attached hydrogens (tertiary/aromatic N) is 1. The van der Waals surface area contributed by atoms with E-state index in [0.29, 0.717) is 15.2 Å². The predicted molar refractivity (Wildman–Crippen MR) is 85.4 cm³/mol. The van der Waals surface area contributed by atoms with Crippen molar-refractivity contribution < 1.29 is 0 Å². The molecule has 0 aliphatic carbocycles. The average Bonchev–Trinajstić information content (AvgIpc) is 2.33. The molecule has 100 valence electrons. The molecule has 0 bridgehead atoms. The van der Waals surface area contributed by atoms with Crippen LogP contribution in [-0.2, 0) is 0 Å². The molecular weight excluding hydrogens is 370 g/mol. The normalized spacial score (nSPS) is 12.3. The van der Waals surface area contributed by atoms with Gasteiger partial charge in [-0.3, -0.25) is 0 Å². The Hall–Kier alpha value is -0.480. The summed E-state index contributed by atoms with van der Waals surface area (Å²) in [7, 11) is 0. The summed E-state index contributed by atoms with van der Waals surface area (Å²) in [5, 5.41) is 5.00. The van der Waals surface area contributed by atoms with Crippen molar-refractivity contribution in [3.63, 3.8) is 0 Å². The third kappa shape index (κ3) is 3.76. The second-order valence-corrected chi connectivity index (χ2v) is 6.08. The molecule has 0 saturated heterocycles. The monoisotopic (exact) mass is 378 g/mol. The Balaban J connectivity index is 2.20. The van der Waals surface area contributed by atoms with E-state index in [-0.39, 0.29) is 6.04 Å². The largest absolute Gasteiger partial charge is 0.377 e. The predicted octanol–water partition coefficient (Wildman–Crippen LogP) is 5.98. The molecule has 6 heteroatoms. The molecule has 0 fully saturated rings. The topological polar surface area (TPSA) is 24.9 Å². The van der Waals surface area contributed by atoms with Crippen molar-refractivity contribution in [3.8, 4) is 0 Å². The SMILES string of the molecule is CC(Nc1cnc(Cl)c(Br)c1)c1ccc(Cl)cc1Cl. The lowest BCUT2D eigenvalue weighted by molar-refractivity contribution is 0.883. The van der Waals surface area contributed by atoms with E-state index in [0.717, 1.165) is 15.7 Å². The number of halogens is 4. The molecule has 1 aromatic heterocycles. The van der Waals surface area contributed by atoms with Crippen LogP contribution in [0, 0.1) is 0 Å². The minimum Gasteiger partial charge on any atom is -0.377 e. The van der Waals surface area contributed by atoms with Crippen molar-refractivity contribution in [2.24, 2.45) is 0 Å². The fraction of sp³-hybridized carbons (Fsp3) is 0.154. The van der Waals surface area contributed by atoms with Gasteiger partial charge in [-0.05, 0) is 46.6 Å². The van der Waals surface area contributed by atoms with E-state index in [2.05, 4.69) is 26.2 Å². The second-order valence-electron chi connectivity index (χ2n) is 4.03. The fourth-order valence-electron chi connectivity index (χ4n) is 1.68. The standard InChI is InChI=1S/C13H10BrCl3N2/c1-7(10-3-2-8(15)4-12(10)16)19-9-5-11(14)13(17)18-6-9/h2-7,19H,1H3. The van der Waals surface area contributed by atoms with Crippen LogP contribution < -0.4 is 5.32 Å². The first-order chi connectivity index (χ1) is 8.97. The van der Waals surface area contributed by atoms with Crippen molar-refractivity contribution in [1.29, 1.82) is 0 Å². The molecule has 2 nitrogen and oxygen atoms in total. The summed E-state index contributed by atoms with van der Waals surface area (Å²) in [6.45, 7) is 2.01. The van der Waals surface area contributed by atoms with Gasteiger partial charge >= 0.3 is 0 Å². The van der Waals surface area contributed by atoms with Gasteiger partial charge in [0.25, 0.3) is 0 Å². The number of nitrogens with one attached hydrogen (secondary N) is 1. The lowest BCUT2D eigenvalue weighted by atomic mass is 10.1. The molecule has 0 aliphatic heterocycles. The molecule has 1 aromatic carbocycles. The third-order valence-corrected chi connectivity index (χ3v) is 4.30. The van der Waals surface area contributed by atoms with Gasteiger partial charge in [-0.1, -0.05) is 40.9 Å². The van der Waals surface area contributed by atoms with Crippen LogP contribution in [-0.4, -0.2) is 4.98 Å². The number of hydrogen-bond acceptors (Lipinski definition) is 2. The van der Waals surface area contributed by atoms with Crippen LogP contribution >= 0.6 is 50.7 Å². The minimum absolute atomic E-state index is 0.0274. The van der Waals surface area contributed by atoms with Gasteiger partial charge in [0, 0.05) is 10.0 Å². The quantitative estimate of drug-likeness (QED) is 0.663. The Morgan fingerprint density at radius 2 is 1.95 bits per heavy atom. The number of anilines is 1. The first kappa shape index (κ1) is 14.9. The molecule has 1 unspecified atom stereocenters. The molecule has 19 heavy (non-hydrogen) atoms. The maximum atomic E-state index is 6.18. The third-order valence-electron chi connectivity index (χ3n) is 2.61. The summed E-state index contributed by atoms with van der Waals surface area (Å²) in [6.07, 6.45) is 1.67. The van der Waals surface area contributed by atoms with Crippen LogP contribution in [0.4, 0.5) is 5.69 Å². The van der Waals surface area contributed by atoms with Crippen LogP contribution in [0.25, 0.3) is 0 Å². The van der Waals surface area contributed by atoms with E-state index in [9.17, 15) is 0 Å². The highest BCUT2D eigenvalue weighted by Gasteiger charge is 2.11. The zero-order chi connectivity index (χ0) is 14.0. The molecule has 1 heterocycles. The first-order valence-corrected chi connectivity index (χ1v) is 7.42. The number of aromatic nitrogens is 1. The van der Waals surface area contributed by atoms with Gasteiger partial charge in [-0.2, -0.15) is 0 Å². The van der Waals surface area contributed by atoms with Gasteiger partial charge in [0.2, 0.25) is 0 Å². The van der Waals surface area contributed by atoms with E-state index in [1.807, 2.05) is 25.1 Å². The lowest BCUT2D eigenvalue weighted by Gasteiger charge is -2.17. The van der Waals surface area contributed by atoms with Crippen molar-refractivity contribution >= 4 is 56.4 Å². The maximum absolute atomic E-state index is 6.18. The minimum atomic E-state index is 0.0274. The van der Waals surface area contributed by atoms with Gasteiger partial charge in [0.05, 0.1) is 22.4 Å².